The summed E-state index contributed by atoms with van der Waals surface area (Å²) in [5, 5.41) is 1.88. The maximum atomic E-state index is 12.6. The van der Waals surface area contributed by atoms with Crippen LogP contribution in [0.5, 0.6) is 5.75 Å². The van der Waals surface area contributed by atoms with Gasteiger partial charge in [-0.05, 0) is 24.6 Å². The molecule has 7 heteroatoms. The van der Waals surface area contributed by atoms with E-state index in [2.05, 4.69) is 11.8 Å². The molecule has 1 saturated heterocycles. The highest BCUT2D eigenvalue weighted by molar-refractivity contribution is 7.17. The molecule has 0 N–H and O–H groups in total. The summed E-state index contributed by atoms with van der Waals surface area (Å²) in [6, 6.07) is 8.62. The van der Waals surface area contributed by atoms with Crippen molar-refractivity contribution >= 4 is 33.5 Å². The Hall–Kier alpha value is -3.08. The van der Waals surface area contributed by atoms with Gasteiger partial charge in [0.15, 0.2) is 11.5 Å². The van der Waals surface area contributed by atoms with Gasteiger partial charge in [0.05, 0.1) is 13.2 Å². The van der Waals surface area contributed by atoms with Crippen molar-refractivity contribution in [1.82, 2.24) is 0 Å². The lowest BCUT2D eigenvalue weighted by Gasteiger charge is -2.27. The van der Waals surface area contributed by atoms with E-state index >= 15 is 0 Å². The van der Waals surface area contributed by atoms with Crippen LogP contribution in [0, 0.1) is 11.8 Å². The van der Waals surface area contributed by atoms with Crippen molar-refractivity contribution in [3.8, 4) is 28.7 Å². The Balaban J connectivity index is 1.74. The standard InChI is InChI=1S/C21H17NO5S/c1-2-4-19(24)26-15-6-3-5-14(11-15)16-13-28-21-17(23)12-18(27-20(16)21)22-7-9-25-10-8-22/h3,5-6,11-13H,7-10H2,1H3. The van der Waals surface area contributed by atoms with Crippen molar-refractivity contribution in [3.05, 3.63) is 45.9 Å². The minimum Gasteiger partial charge on any atom is -0.439 e. The zero-order valence-corrected chi connectivity index (χ0v) is 16.0. The Morgan fingerprint density at radius 2 is 2.07 bits per heavy atom. The molecule has 2 aromatic heterocycles. The summed E-state index contributed by atoms with van der Waals surface area (Å²) in [7, 11) is 0. The molecule has 4 rings (SSSR count). The van der Waals surface area contributed by atoms with Crippen LogP contribution in [-0.4, -0.2) is 32.3 Å². The second-order valence-corrected chi connectivity index (χ2v) is 7.03. The third kappa shape index (κ3) is 3.65. The fraction of sp³-hybridized carbons (Fsp3) is 0.238. The van der Waals surface area contributed by atoms with E-state index in [1.54, 1.807) is 25.1 Å². The Kier molecular flexibility index (Phi) is 5.15. The number of hydrogen-bond acceptors (Lipinski definition) is 7. The SMILES string of the molecule is CC#CC(=O)Oc1cccc(-c2csc3c(=O)cc(N4CCOCC4)oc23)c1. The van der Waals surface area contributed by atoms with E-state index < -0.39 is 5.97 Å². The first-order valence-corrected chi connectivity index (χ1v) is 9.67. The highest BCUT2D eigenvalue weighted by atomic mass is 32.1. The van der Waals surface area contributed by atoms with Crippen LogP contribution in [0.2, 0.25) is 0 Å². The lowest BCUT2D eigenvalue weighted by molar-refractivity contribution is -0.128. The minimum absolute atomic E-state index is 0.0696. The van der Waals surface area contributed by atoms with Gasteiger partial charge >= 0.3 is 5.97 Å². The molecule has 3 aromatic rings. The molecule has 0 amide bonds. The molecule has 28 heavy (non-hydrogen) atoms. The number of benzene rings is 1. The monoisotopic (exact) mass is 395 g/mol. The number of anilines is 1. The summed E-state index contributed by atoms with van der Waals surface area (Å²) >= 11 is 1.34. The largest absolute Gasteiger partial charge is 0.439 e. The fourth-order valence-corrected chi connectivity index (χ4v) is 3.94. The first-order valence-electron chi connectivity index (χ1n) is 8.79. The number of thiophene rings is 1. The molecular formula is C21H17NO5S. The number of rotatable bonds is 3. The van der Waals surface area contributed by atoms with E-state index in [-0.39, 0.29) is 5.43 Å². The van der Waals surface area contributed by atoms with Crippen molar-refractivity contribution in [2.75, 3.05) is 31.2 Å². The average molecular weight is 395 g/mol. The highest BCUT2D eigenvalue weighted by Crippen LogP contribution is 2.35. The third-order valence-electron chi connectivity index (χ3n) is 4.34. The van der Waals surface area contributed by atoms with Gasteiger partial charge in [-0.25, -0.2) is 4.79 Å². The smallest absolute Gasteiger partial charge is 0.389 e. The van der Waals surface area contributed by atoms with Crippen LogP contribution < -0.4 is 15.1 Å². The average Bonchev–Trinajstić information content (AvgIpc) is 3.14. The van der Waals surface area contributed by atoms with Crippen LogP contribution in [0.4, 0.5) is 5.88 Å². The van der Waals surface area contributed by atoms with E-state index in [9.17, 15) is 9.59 Å². The molecular weight excluding hydrogens is 378 g/mol. The number of hydrogen-bond donors (Lipinski definition) is 0. The molecule has 6 nitrogen and oxygen atoms in total. The zero-order valence-electron chi connectivity index (χ0n) is 15.2. The quantitative estimate of drug-likeness (QED) is 0.293. The van der Waals surface area contributed by atoms with E-state index in [1.807, 2.05) is 16.3 Å². The van der Waals surface area contributed by atoms with Crippen LogP contribution in [-0.2, 0) is 9.53 Å². The van der Waals surface area contributed by atoms with Gasteiger partial charge in [0.2, 0.25) is 5.43 Å². The predicted octanol–water partition coefficient (Wildman–Crippen LogP) is 3.29. The summed E-state index contributed by atoms with van der Waals surface area (Å²) in [4.78, 5) is 26.2. The summed E-state index contributed by atoms with van der Waals surface area (Å²) in [6.45, 7) is 4.14. The van der Waals surface area contributed by atoms with Crippen molar-refractivity contribution in [2.45, 2.75) is 6.92 Å². The molecule has 0 bridgehead atoms. The molecule has 0 unspecified atom stereocenters. The van der Waals surface area contributed by atoms with Crippen molar-refractivity contribution in [3.63, 3.8) is 0 Å². The number of nitrogens with zero attached hydrogens (tertiary/aromatic N) is 1. The normalized spacial score (nSPS) is 13.8. The maximum Gasteiger partial charge on any atom is 0.389 e. The Morgan fingerprint density at radius 3 is 2.86 bits per heavy atom. The van der Waals surface area contributed by atoms with Gasteiger partial charge in [-0.3, -0.25) is 4.79 Å². The van der Waals surface area contributed by atoms with Crippen molar-refractivity contribution in [2.24, 2.45) is 0 Å². The fourth-order valence-electron chi connectivity index (χ4n) is 3.03. The van der Waals surface area contributed by atoms with E-state index in [4.69, 9.17) is 13.9 Å². The molecule has 0 radical (unpaired) electrons. The molecule has 1 fully saturated rings. The number of esters is 1. The molecule has 1 aliphatic rings. The molecule has 3 heterocycles. The Morgan fingerprint density at radius 1 is 1.25 bits per heavy atom. The third-order valence-corrected chi connectivity index (χ3v) is 5.31. The van der Waals surface area contributed by atoms with E-state index in [0.29, 0.717) is 48.2 Å². The summed E-state index contributed by atoms with van der Waals surface area (Å²) < 4.78 is 17.3. The van der Waals surface area contributed by atoms with Gasteiger partial charge < -0.3 is 18.8 Å². The van der Waals surface area contributed by atoms with Gasteiger partial charge in [0.1, 0.15) is 10.4 Å². The van der Waals surface area contributed by atoms with E-state index in [1.165, 1.54) is 17.4 Å². The Bertz CT molecular complexity index is 1140. The summed E-state index contributed by atoms with van der Waals surface area (Å²) in [5.74, 6) is 5.17. The molecule has 1 aromatic carbocycles. The first kappa shape index (κ1) is 18.3. The molecule has 0 atom stereocenters. The van der Waals surface area contributed by atoms with Crippen LogP contribution in [0.25, 0.3) is 21.4 Å². The molecule has 0 spiro atoms. The van der Waals surface area contributed by atoms with Crippen molar-refractivity contribution in [1.29, 1.82) is 0 Å². The number of carbonyl (C=O) groups excluding carboxylic acids is 1. The second kappa shape index (κ2) is 7.89. The molecule has 1 aliphatic heterocycles. The number of fused-ring (bicyclic) bond motifs is 1. The maximum absolute atomic E-state index is 12.6. The van der Waals surface area contributed by atoms with Crippen LogP contribution in [0.1, 0.15) is 6.92 Å². The van der Waals surface area contributed by atoms with Gasteiger partial charge in [0, 0.05) is 36.0 Å². The minimum atomic E-state index is -0.615. The molecule has 0 aliphatic carbocycles. The second-order valence-electron chi connectivity index (χ2n) is 6.15. The number of morpholine rings is 1. The lowest BCUT2D eigenvalue weighted by Crippen LogP contribution is -2.36. The summed E-state index contributed by atoms with van der Waals surface area (Å²) in [6.07, 6.45) is 0. The highest BCUT2D eigenvalue weighted by Gasteiger charge is 2.19. The molecule has 142 valence electrons. The van der Waals surface area contributed by atoms with Gasteiger partial charge in [0.25, 0.3) is 0 Å². The van der Waals surface area contributed by atoms with E-state index in [0.717, 1.165) is 11.1 Å². The van der Waals surface area contributed by atoms with Gasteiger partial charge in [-0.1, -0.05) is 18.1 Å². The van der Waals surface area contributed by atoms with Crippen LogP contribution >= 0.6 is 11.3 Å². The summed E-state index contributed by atoms with van der Waals surface area (Å²) in [5.41, 5.74) is 2.05. The van der Waals surface area contributed by atoms with Crippen molar-refractivity contribution < 1.29 is 18.7 Å². The van der Waals surface area contributed by atoms with Gasteiger partial charge in [-0.2, -0.15) is 0 Å². The first-order chi connectivity index (χ1) is 13.7. The zero-order chi connectivity index (χ0) is 19.5. The van der Waals surface area contributed by atoms with Crippen LogP contribution in [0.3, 0.4) is 0 Å². The lowest BCUT2D eigenvalue weighted by atomic mass is 10.1. The topological polar surface area (TPSA) is 69.0 Å². The van der Waals surface area contributed by atoms with Crippen LogP contribution in [0.15, 0.2) is 44.9 Å². The number of carbonyl (C=O) groups is 1. The molecule has 0 saturated carbocycles. The Labute approximate surface area is 165 Å². The predicted molar refractivity (Wildman–Crippen MR) is 108 cm³/mol. The van der Waals surface area contributed by atoms with Gasteiger partial charge in [-0.15, -0.1) is 11.3 Å². The number of ether oxygens (including phenoxy) is 2.